The minimum absolute atomic E-state index is 0.838. The average molecular weight is 265 g/mol. The Morgan fingerprint density at radius 3 is 2.45 bits per heavy atom. The van der Waals surface area contributed by atoms with Gasteiger partial charge in [0.2, 0.25) is 0 Å². The molecule has 0 spiro atoms. The highest BCUT2D eigenvalue weighted by Crippen LogP contribution is 2.27. The van der Waals surface area contributed by atoms with E-state index in [4.69, 9.17) is 4.74 Å². The van der Waals surface area contributed by atoms with Crippen molar-refractivity contribution in [1.82, 2.24) is 10.2 Å². The molecule has 0 bridgehead atoms. The van der Waals surface area contributed by atoms with Crippen LogP contribution in [0.1, 0.15) is 5.69 Å². The van der Waals surface area contributed by atoms with Gasteiger partial charge in [-0.25, -0.2) is 0 Å². The molecule has 0 radical (unpaired) electrons. The number of nitrogens with one attached hydrogen (secondary N) is 1. The zero-order chi connectivity index (χ0) is 13.9. The molecule has 0 aliphatic heterocycles. The molecule has 20 heavy (non-hydrogen) atoms. The molecular weight excluding hydrogens is 250 g/mol. The fourth-order valence-corrected chi connectivity index (χ4v) is 2.12. The second-order valence-corrected chi connectivity index (χ2v) is 4.53. The van der Waals surface area contributed by atoms with Gasteiger partial charge in [0.05, 0.1) is 24.0 Å². The standard InChI is InChI=1S/C16H15N3O/c1-11-16(14-5-3-4-6-15(14)19-18-11)17-12-7-9-13(20-2)10-8-12/h3-10H,1-2H3,(H,17,19). The number of nitrogens with zero attached hydrogens (tertiary/aromatic N) is 2. The third-order valence-corrected chi connectivity index (χ3v) is 3.20. The van der Waals surface area contributed by atoms with Gasteiger partial charge in [0.1, 0.15) is 5.75 Å². The number of hydrogen-bond donors (Lipinski definition) is 1. The number of hydrogen-bond acceptors (Lipinski definition) is 4. The van der Waals surface area contributed by atoms with Crippen molar-refractivity contribution in [2.24, 2.45) is 0 Å². The molecule has 0 unspecified atom stereocenters. The van der Waals surface area contributed by atoms with Crippen molar-refractivity contribution in [3.63, 3.8) is 0 Å². The van der Waals surface area contributed by atoms with Gasteiger partial charge in [0, 0.05) is 11.1 Å². The van der Waals surface area contributed by atoms with Crippen molar-refractivity contribution < 1.29 is 4.74 Å². The average Bonchev–Trinajstić information content (AvgIpc) is 2.51. The fraction of sp³-hybridized carbons (Fsp3) is 0.125. The number of anilines is 2. The first-order valence-corrected chi connectivity index (χ1v) is 6.41. The SMILES string of the molecule is COc1ccc(Nc2c(C)nnc3ccccc23)cc1. The van der Waals surface area contributed by atoms with Gasteiger partial charge < -0.3 is 10.1 Å². The Balaban J connectivity index is 2.02. The van der Waals surface area contributed by atoms with Gasteiger partial charge in [-0.2, -0.15) is 10.2 Å². The summed E-state index contributed by atoms with van der Waals surface area (Å²) in [6.07, 6.45) is 0. The van der Waals surface area contributed by atoms with Gasteiger partial charge in [0.15, 0.2) is 0 Å². The van der Waals surface area contributed by atoms with Crippen molar-refractivity contribution in [3.05, 3.63) is 54.2 Å². The number of aromatic nitrogens is 2. The maximum atomic E-state index is 5.16. The van der Waals surface area contributed by atoms with Gasteiger partial charge in [-0.1, -0.05) is 18.2 Å². The molecule has 4 heteroatoms. The highest BCUT2D eigenvalue weighted by molar-refractivity contribution is 5.93. The van der Waals surface area contributed by atoms with E-state index in [1.54, 1.807) is 7.11 Å². The van der Waals surface area contributed by atoms with E-state index >= 15 is 0 Å². The lowest BCUT2D eigenvalue weighted by atomic mass is 10.1. The first kappa shape index (κ1) is 12.4. The predicted octanol–water partition coefficient (Wildman–Crippen LogP) is 3.69. The number of benzene rings is 2. The smallest absolute Gasteiger partial charge is 0.119 e. The summed E-state index contributed by atoms with van der Waals surface area (Å²) in [6, 6.07) is 15.8. The molecule has 100 valence electrons. The molecule has 0 aliphatic rings. The number of rotatable bonds is 3. The summed E-state index contributed by atoms with van der Waals surface area (Å²) in [4.78, 5) is 0. The molecule has 0 aliphatic carbocycles. The van der Waals surface area contributed by atoms with Crippen LogP contribution in [0.3, 0.4) is 0 Å². The third-order valence-electron chi connectivity index (χ3n) is 3.20. The zero-order valence-electron chi connectivity index (χ0n) is 11.4. The molecule has 0 saturated carbocycles. The minimum Gasteiger partial charge on any atom is -0.497 e. The van der Waals surface area contributed by atoms with Gasteiger partial charge >= 0.3 is 0 Å². The topological polar surface area (TPSA) is 47.0 Å². The van der Waals surface area contributed by atoms with Crippen LogP contribution in [0, 0.1) is 6.92 Å². The van der Waals surface area contributed by atoms with E-state index in [0.29, 0.717) is 0 Å². The number of aryl methyl sites for hydroxylation is 1. The van der Waals surface area contributed by atoms with Crippen LogP contribution in [-0.2, 0) is 0 Å². The van der Waals surface area contributed by atoms with E-state index in [1.165, 1.54) is 0 Å². The molecule has 2 aromatic carbocycles. The number of fused-ring (bicyclic) bond motifs is 1. The fourth-order valence-electron chi connectivity index (χ4n) is 2.12. The Kier molecular flexibility index (Phi) is 3.21. The van der Waals surface area contributed by atoms with Gasteiger partial charge in [-0.3, -0.25) is 0 Å². The number of methoxy groups -OCH3 is 1. The van der Waals surface area contributed by atoms with Crippen LogP contribution in [0.2, 0.25) is 0 Å². The van der Waals surface area contributed by atoms with Gasteiger partial charge in [0.25, 0.3) is 0 Å². The lowest BCUT2D eigenvalue weighted by molar-refractivity contribution is 0.415. The summed E-state index contributed by atoms with van der Waals surface area (Å²) in [7, 11) is 1.66. The predicted molar refractivity (Wildman–Crippen MR) is 80.6 cm³/mol. The lowest BCUT2D eigenvalue weighted by Gasteiger charge is -2.11. The maximum Gasteiger partial charge on any atom is 0.119 e. The van der Waals surface area contributed by atoms with E-state index in [-0.39, 0.29) is 0 Å². The minimum atomic E-state index is 0.838. The Morgan fingerprint density at radius 2 is 1.70 bits per heavy atom. The summed E-state index contributed by atoms with van der Waals surface area (Å²) in [5.74, 6) is 0.838. The lowest BCUT2D eigenvalue weighted by Crippen LogP contribution is -1.99. The van der Waals surface area contributed by atoms with E-state index in [0.717, 1.165) is 33.7 Å². The first-order valence-electron chi connectivity index (χ1n) is 6.41. The van der Waals surface area contributed by atoms with Crippen molar-refractivity contribution in [1.29, 1.82) is 0 Å². The molecule has 1 N–H and O–H groups in total. The van der Waals surface area contributed by atoms with E-state index < -0.39 is 0 Å². The molecule has 0 saturated heterocycles. The second kappa shape index (κ2) is 5.17. The van der Waals surface area contributed by atoms with Crippen molar-refractivity contribution in [2.75, 3.05) is 12.4 Å². The zero-order valence-corrected chi connectivity index (χ0v) is 11.4. The maximum absolute atomic E-state index is 5.16. The monoisotopic (exact) mass is 265 g/mol. The molecule has 3 rings (SSSR count). The highest BCUT2D eigenvalue weighted by Gasteiger charge is 2.07. The van der Waals surface area contributed by atoms with E-state index in [1.807, 2.05) is 55.5 Å². The van der Waals surface area contributed by atoms with Crippen LogP contribution < -0.4 is 10.1 Å². The van der Waals surface area contributed by atoms with E-state index in [9.17, 15) is 0 Å². The molecular formula is C16H15N3O. The molecule has 4 nitrogen and oxygen atoms in total. The molecule has 0 fully saturated rings. The first-order chi connectivity index (χ1) is 9.78. The largest absolute Gasteiger partial charge is 0.497 e. The molecule has 0 atom stereocenters. The highest BCUT2D eigenvalue weighted by atomic mass is 16.5. The molecule has 1 aromatic heterocycles. The quantitative estimate of drug-likeness (QED) is 0.784. The normalized spacial score (nSPS) is 10.5. The van der Waals surface area contributed by atoms with E-state index in [2.05, 4.69) is 15.5 Å². The Morgan fingerprint density at radius 1 is 0.950 bits per heavy atom. The molecule has 3 aromatic rings. The van der Waals surface area contributed by atoms with Crippen LogP contribution in [-0.4, -0.2) is 17.3 Å². The van der Waals surface area contributed by atoms with Crippen LogP contribution in [0.15, 0.2) is 48.5 Å². The van der Waals surface area contributed by atoms with Crippen LogP contribution in [0.4, 0.5) is 11.4 Å². The summed E-state index contributed by atoms with van der Waals surface area (Å²) in [5.41, 5.74) is 3.74. The summed E-state index contributed by atoms with van der Waals surface area (Å²) in [6.45, 7) is 1.95. The summed E-state index contributed by atoms with van der Waals surface area (Å²) >= 11 is 0. The van der Waals surface area contributed by atoms with Crippen molar-refractivity contribution in [3.8, 4) is 5.75 Å². The summed E-state index contributed by atoms with van der Waals surface area (Å²) < 4.78 is 5.16. The van der Waals surface area contributed by atoms with Crippen LogP contribution >= 0.6 is 0 Å². The Hall–Kier alpha value is -2.62. The van der Waals surface area contributed by atoms with Gasteiger partial charge in [-0.05, 0) is 37.3 Å². The third kappa shape index (κ3) is 2.28. The molecule has 1 heterocycles. The van der Waals surface area contributed by atoms with Crippen molar-refractivity contribution in [2.45, 2.75) is 6.92 Å². The van der Waals surface area contributed by atoms with Crippen molar-refractivity contribution >= 4 is 22.3 Å². The van der Waals surface area contributed by atoms with Crippen LogP contribution in [0.5, 0.6) is 5.75 Å². The molecule has 0 amide bonds. The Labute approximate surface area is 117 Å². The Bertz CT molecular complexity index is 738. The van der Waals surface area contributed by atoms with Crippen LogP contribution in [0.25, 0.3) is 10.9 Å². The summed E-state index contributed by atoms with van der Waals surface area (Å²) in [5, 5.41) is 12.9. The second-order valence-electron chi connectivity index (χ2n) is 4.53. The van der Waals surface area contributed by atoms with Gasteiger partial charge in [-0.15, -0.1) is 0 Å². The number of ether oxygens (including phenoxy) is 1.